The lowest BCUT2D eigenvalue weighted by molar-refractivity contribution is -0.386. The first-order valence-corrected chi connectivity index (χ1v) is 3.94. The molecular weight excluding hydrogens is 191 g/mol. The number of nitrogens with one attached hydrogen (secondary N) is 1. The number of para-hydroxylation sites is 1. The van der Waals surface area contributed by atoms with Gasteiger partial charge in [-0.05, 0) is 12.1 Å². The van der Waals surface area contributed by atoms with Crippen LogP contribution in [0.2, 0.25) is 0 Å². The van der Waals surface area contributed by atoms with Gasteiger partial charge in [-0.3, -0.25) is 10.1 Å². The summed E-state index contributed by atoms with van der Waals surface area (Å²) in [7, 11) is 0. The van der Waals surface area contributed by atoms with E-state index in [-0.39, 0.29) is 18.8 Å². The zero-order valence-electron chi connectivity index (χ0n) is 7.24. The van der Waals surface area contributed by atoms with Gasteiger partial charge in [0.2, 0.25) is 5.82 Å². The van der Waals surface area contributed by atoms with Gasteiger partial charge in [-0.15, -0.1) is 0 Å². The molecule has 6 heteroatoms. The van der Waals surface area contributed by atoms with E-state index in [1.165, 1.54) is 12.1 Å². The minimum atomic E-state index is -0.891. The Morgan fingerprint density at radius 3 is 2.86 bits per heavy atom. The van der Waals surface area contributed by atoms with Crippen molar-refractivity contribution in [1.29, 1.82) is 0 Å². The van der Waals surface area contributed by atoms with Crippen LogP contribution in [0.4, 0.5) is 15.8 Å². The Bertz CT molecular complexity index is 343. The third-order valence-corrected chi connectivity index (χ3v) is 1.60. The second kappa shape index (κ2) is 4.52. The number of halogens is 1. The number of nitrogens with zero attached hydrogens (tertiary/aromatic N) is 1. The van der Waals surface area contributed by atoms with E-state index < -0.39 is 16.4 Å². The molecule has 0 spiro atoms. The van der Waals surface area contributed by atoms with Gasteiger partial charge in [-0.25, -0.2) is 0 Å². The van der Waals surface area contributed by atoms with E-state index in [4.69, 9.17) is 5.11 Å². The molecule has 0 atom stereocenters. The standard InChI is InChI=1S/C8H9FN2O3/c9-6-2-1-3-7(10-4-5-12)8(6)11(13)14/h1-3,10,12H,4-5H2. The van der Waals surface area contributed by atoms with Crippen molar-refractivity contribution in [3.63, 3.8) is 0 Å². The zero-order chi connectivity index (χ0) is 10.6. The zero-order valence-corrected chi connectivity index (χ0v) is 7.24. The molecule has 2 N–H and O–H groups in total. The summed E-state index contributed by atoms with van der Waals surface area (Å²) < 4.78 is 13.0. The van der Waals surface area contributed by atoms with Gasteiger partial charge in [0.1, 0.15) is 5.69 Å². The Balaban J connectivity index is 3.02. The first kappa shape index (κ1) is 10.4. The molecule has 0 saturated heterocycles. The maximum Gasteiger partial charge on any atom is 0.327 e. The first-order chi connectivity index (χ1) is 6.66. The fourth-order valence-corrected chi connectivity index (χ4v) is 1.03. The van der Waals surface area contributed by atoms with Crippen LogP contribution in [0.3, 0.4) is 0 Å². The number of hydrogen-bond donors (Lipinski definition) is 2. The lowest BCUT2D eigenvalue weighted by atomic mass is 10.2. The molecule has 1 aromatic rings. The molecule has 0 aliphatic rings. The van der Waals surface area contributed by atoms with Gasteiger partial charge in [0.25, 0.3) is 0 Å². The van der Waals surface area contributed by atoms with Crippen LogP contribution in [0.1, 0.15) is 0 Å². The summed E-state index contributed by atoms with van der Waals surface area (Å²) in [6.07, 6.45) is 0. The third kappa shape index (κ3) is 2.17. The maximum atomic E-state index is 13.0. The van der Waals surface area contributed by atoms with E-state index in [0.29, 0.717) is 0 Å². The summed E-state index contributed by atoms with van der Waals surface area (Å²) in [4.78, 5) is 9.67. The molecule has 0 saturated carbocycles. The summed E-state index contributed by atoms with van der Waals surface area (Å²) in [5.41, 5.74) is -0.523. The summed E-state index contributed by atoms with van der Waals surface area (Å²) in [6.45, 7) is -0.0298. The Kier molecular flexibility index (Phi) is 3.35. The molecule has 0 unspecified atom stereocenters. The number of rotatable bonds is 4. The number of anilines is 1. The van der Waals surface area contributed by atoms with E-state index in [1.54, 1.807) is 0 Å². The molecule has 14 heavy (non-hydrogen) atoms. The van der Waals surface area contributed by atoms with Crippen LogP contribution in [0.25, 0.3) is 0 Å². The molecule has 0 radical (unpaired) electrons. The van der Waals surface area contributed by atoms with Crippen LogP contribution in [-0.4, -0.2) is 23.2 Å². The Hall–Kier alpha value is -1.69. The van der Waals surface area contributed by atoms with Crippen LogP contribution in [-0.2, 0) is 0 Å². The number of aliphatic hydroxyl groups is 1. The molecule has 1 rings (SSSR count). The molecule has 76 valence electrons. The predicted octanol–water partition coefficient (Wildman–Crippen LogP) is 1.14. The van der Waals surface area contributed by atoms with Gasteiger partial charge in [0.15, 0.2) is 0 Å². The maximum absolute atomic E-state index is 13.0. The lowest BCUT2D eigenvalue weighted by Gasteiger charge is -2.04. The highest BCUT2D eigenvalue weighted by Crippen LogP contribution is 2.26. The normalized spacial score (nSPS) is 9.86. The molecule has 0 aromatic heterocycles. The smallest absolute Gasteiger partial charge is 0.327 e. The van der Waals surface area contributed by atoms with E-state index >= 15 is 0 Å². The molecule has 1 aromatic carbocycles. The van der Waals surface area contributed by atoms with Crippen LogP contribution in [0.15, 0.2) is 18.2 Å². The second-order valence-electron chi connectivity index (χ2n) is 2.54. The number of aliphatic hydroxyl groups excluding tert-OH is 1. The van der Waals surface area contributed by atoms with Crippen molar-refractivity contribution in [3.8, 4) is 0 Å². The van der Waals surface area contributed by atoms with Crippen LogP contribution in [0, 0.1) is 15.9 Å². The molecule has 0 heterocycles. The average molecular weight is 200 g/mol. The summed E-state index contributed by atoms with van der Waals surface area (Å²) in [6, 6.07) is 3.77. The number of benzene rings is 1. The van der Waals surface area contributed by atoms with Crippen molar-refractivity contribution in [1.82, 2.24) is 0 Å². The van der Waals surface area contributed by atoms with E-state index in [9.17, 15) is 14.5 Å². The van der Waals surface area contributed by atoms with Gasteiger partial charge >= 0.3 is 5.69 Å². The number of nitro groups is 1. The van der Waals surface area contributed by atoms with E-state index in [1.807, 2.05) is 0 Å². The summed E-state index contributed by atoms with van der Waals surface area (Å²) in [5, 5.41) is 21.5. The Morgan fingerprint density at radius 1 is 1.57 bits per heavy atom. The van der Waals surface area contributed by atoms with Crippen LogP contribution in [0.5, 0.6) is 0 Å². The van der Waals surface area contributed by atoms with E-state index in [0.717, 1.165) is 6.07 Å². The number of nitro benzene ring substituents is 1. The fourth-order valence-electron chi connectivity index (χ4n) is 1.03. The highest BCUT2D eigenvalue weighted by atomic mass is 19.1. The van der Waals surface area contributed by atoms with Gasteiger partial charge < -0.3 is 10.4 Å². The monoisotopic (exact) mass is 200 g/mol. The van der Waals surface area contributed by atoms with E-state index in [2.05, 4.69) is 5.32 Å². The van der Waals surface area contributed by atoms with Crippen LogP contribution >= 0.6 is 0 Å². The molecular formula is C8H9FN2O3. The molecule has 0 fully saturated rings. The lowest BCUT2D eigenvalue weighted by Crippen LogP contribution is -2.08. The third-order valence-electron chi connectivity index (χ3n) is 1.60. The largest absolute Gasteiger partial charge is 0.395 e. The van der Waals surface area contributed by atoms with Gasteiger partial charge in [0, 0.05) is 6.54 Å². The first-order valence-electron chi connectivity index (χ1n) is 3.94. The quantitative estimate of drug-likeness (QED) is 0.564. The van der Waals surface area contributed by atoms with Crippen molar-refractivity contribution in [2.45, 2.75) is 0 Å². The van der Waals surface area contributed by atoms with Gasteiger partial charge in [-0.2, -0.15) is 4.39 Å². The topological polar surface area (TPSA) is 75.4 Å². The molecule has 0 aliphatic heterocycles. The molecule has 0 aliphatic carbocycles. The predicted molar refractivity (Wildman–Crippen MR) is 48.6 cm³/mol. The van der Waals surface area contributed by atoms with Crippen LogP contribution < -0.4 is 5.32 Å². The van der Waals surface area contributed by atoms with Crippen molar-refractivity contribution in [2.75, 3.05) is 18.5 Å². The average Bonchev–Trinajstić information content (AvgIpc) is 2.14. The molecule has 5 nitrogen and oxygen atoms in total. The Labute approximate surface area is 79.3 Å². The highest BCUT2D eigenvalue weighted by Gasteiger charge is 2.18. The fraction of sp³-hybridized carbons (Fsp3) is 0.250. The van der Waals surface area contributed by atoms with Gasteiger partial charge in [0.05, 0.1) is 11.5 Å². The SMILES string of the molecule is O=[N+]([O-])c1c(F)cccc1NCCO. The van der Waals surface area contributed by atoms with Crippen molar-refractivity contribution >= 4 is 11.4 Å². The highest BCUT2D eigenvalue weighted by molar-refractivity contribution is 5.61. The van der Waals surface area contributed by atoms with Crippen molar-refractivity contribution in [3.05, 3.63) is 34.1 Å². The Morgan fingerprint density at radius 2 is 2.29 bits per heavy atom. The number of hydrogen-bond acceptors (Lipinski definition) is 4. The molecule has 0 amide bonds. The minimum Gasteiger partial charge on any atom is -0.395 e. The van der Waals surface area contributed by atoms with Crippen molar-refractivity contribution < 1.29 is 14.4 Å². The van der Waals surface area contributed by atoms with Crippen molar-refractivity contribution in [2.24, 2.45) is 0 Å². The second-order valence-corrected chi connectivity index (χ2v) is 2.54. The summed E-state index contributed by atoms with van der Waals surface area (Å²) >= 11 is 0. The minimum absolute atomic E-state index is 0.0732. The van der Waals surface area contributed by atoms with Gasteiger partial charge in [-0.1, -0.05) is 6.07 Å². The summed E-state index contributed by atoms with van der Waals surface area (Å²) in [5.74, 6) is -0.891. The molecule has 0 bridgehead atoms.